The maximum atomic E-state index is 13.8. The van der Waals surface area contributed by atoms with E-state index in [0.717, 1.165) is 12.1 Å². The van der Waals surface area contributed by atoms with Gasteiger partial charge in [0.2, 0.25) is 5.89 Å². The third kappa shape index (κ3) is 5.01. The Morgan fingerprint density at radius 1 is 1.37 bits per heavy atom. The van der Waals surface area contributed by atoms with Crippen molar-refractivity contribution in [1.29, 1.82) is 0 Å². The number of carbonyl (C=O) groups excluding carboxylic acids is 1. The molecule has 0 aliphatic carbocycles. The molecule has 1 fully saturated rings. The van der Waals surface area contributed by atoms with Gasteiger partial charge in [-0.15, -0.1) is 12.4 Å². The van der Waals surface area contributed by atoms with E-state index in [1.807, 2.05) is 14.0 Å². The monoisotopic (exact) mass is 400 g/mol. The standard InChI is InChI=1S/C18H22F2N4O2.ClH/c1-11(21-2)9-16-22-17(26-23-16)12-5-7-24(8-6-12)18(25)14-4-3-13(19)10-15(14)20;/h3-4,10-12,21H,5-9H2,1-2H3;1H. The first-order valence-corrected chi connectivity index (χ1v) is 8.72. The summed E-state index contributed by atoms with van der Waals surface area (Å²) in [5.41, 5.74) is -0.106. The molecule has 2 aromatic rings. The Morgan fingerprint density at radius 3 is 2.70 bits per heavy atom. The fraction of sp³-hybridized carbons (Fsp3) is 0.500. The van der Waals surface area contributed by atoms with Gasteiger partial charge >= 0.3 is 0 Å². The van der Waals surface area contributed by atoms with Gasteiger partial charge in [-0.25, -0.2) is 8.78 Å². The zero-order valence-electron chi connectivity index (χ0n) is 15.2. The molecular formula is C18H23ClF2N4O2. The lowest BCUT2D eigenvalue weighted by Gasteiger charge is -2.30. The zero-order chi connectivity index (χ0) is 18.7. The molecule has 0 spiro atoms. The molecule has 0 radical (unpaired) electrons. The lowest BCUT2D eigenvalue weighted by molar-refractivity contribution is 0.0699. The highest BCUT2D eigenvalue weighted by Crippen LogP contribution is 2.28. The first-order valence-electron chi connectivity index (χ1n) is 8.72. The molecule has 1 unspecified atom stereocenters. The molecular weight excluding hydrogens is 378 g/mol. The summed E-state index contributed by atoms with van der Waals surface area (Å²) in [6.45, 7) is 2.96. The molecule has 1 aromatic heterocycles. The minimum Gasteiger partial charge on any atom is -0.339 e. The van der Waals surface area contributed by atoms with Crippen LogP contribution >= 0.6 is 12.4 Å². The minimum absolute atomic E-state index is 0. The van der Waals surface area contributed by atoms with Gasteiger partial charge < -0.3 is 14.7 Å². The molecule has 148 valence electrons. The number of benzene rings is 1. The van der Waals surface area contributed by atoms with Crippen molar-refractivity contribution in [2.24, 2.45) is 0 Å². The molecule has 0 bridgehead atoms. The number of amides is 1. The van der Waals surface area contributed by atoms with Crippen molar-refractivity contribution in [2.45, 2.75) is 38.1 Å². The highest BCUT2D eigenvalue weighted by molar-refractivity contribution is 5.94. The number of rotatable bonds is 5. The predicted molar refractivity (Wildman–Crippen MR) is 98.0 cm³/mol. The first kappa shape index (κ1) is 21.2. The third-order valence-corrected chi connectivity index (χ3v) is 4.76. The molecule has 0 saturated carbocycles. The molecule has 9 heteroatoms. The van der Waals surface area contributed by atoms with Crippen LogP contribution in [0, 0.1) is 11.6 Å². The number of piperidine rings is 1. The largest absolute Gasteiger partial charge is 0.339 e. The Labute approximate surface area is 162 Å². The van der Waals surface area contributed by atoms with E-state index in [-0.39, 0.29) is 29.9 Å². The van der Waals surface area contributed by atoms with Crippen LogP contribution in [0.5, 0.6) is 0 Å². The van der Waals surface area contributed by atoms with Crippen LogP contribution in [0.15, 0.2) is 22.7 Å². The van der Waals surface area contributed by atoms with Crippen molar-refractivity contribution in [2.75, 3.05) is 20.1 Å². The lowest BCUT2D eigenvalue weighted by atomic mass is 9.96. The summed E-state index contributed by atoms with van der Waals surface area (Å²) >= 11 is 0. The smallest absolute Gasteiger partial charge is 0.256 e. The summed E-state index contributed by atoms with van der Waals surface area (Å²) < 4.78 is 32.2. The van der Waals surface area contributed by atoms with Crippen LogP contribution in [0.1, 0.15) is 47.8 Å². The average Bonchev–Trinajstić information content (AvgIpc) is 3.09. The lowest BCUT2D eigenvalue weighted by Crippen LogP contribution is -2.38. The molecule has 1 N–H and O–H groups in total. The maximum Gasteiger partial charge on any atom is 0.256 e. The fourth-order valence-electron chi connectivity index (χ4n) is 3.05. The van der Waals surface area contributed by atoms with Crippen molar-refractivity contribution in [3.8, 4) is 0 Å². The number of nitrogens with one attached hydrogen (secondary N) is 1. The van der Waals surface area contributed by atoms with E-state index in [9.17, 15) is 13.6 Å². The Morgan fingerprint density at radius 2 is 2.07 bits per heavy atom. The summed E-state index contributed by atoms with van der Waals surface area (Å²) in [4.78, 5) is 18.5. The van der Waals surface area contributed by atoms with Crippen molar-refractivity contribution in [1.82, 2.24) is 20.4 Å². The summed E-state index contributed by atoms with van der Waals surface area (Å²) in [6.07, 6.45) is 2.01. The normalized spacial score (nSPS) is 16.1. The summed E-state index contributed by atoms with van der Waals surface area (Å²) in [5.74, 6) is -0.620. The van der Waals surface area contributed by atoms with E-state index in [2.05, 4.69) is 15.5 Å². The molecule has 1 aliphatic heterocycles. The van der Waals surface area contributed by atoms with Gasteiger partial charge in [-0.3, -0.25) is 4.79 Å². The van der Waals surface area contributed by atoms with Gasteiger partial charge in [0.25, 0.3) is 5.91 Å². The van der Waals surface area contributed by atoms with E-state index in [0.29, 0.717) is 44.1 Å². The van der Waals surface area contributed by atoms with Gasteiger partial charge in [0.1, 0.15) is 11.6 Å². The van der Waals surface area contributed by atoms with Crippen molar-refractivity contribution < 1.29 is 18.1 Å². The van der Waals surface area contributed by atoms with Crippen LogP contribution < -0.4 is 5.32 Å². The van der Waals surface area contributed by atoms with Crippen molar-refractivity contribution in [3.05, 3.63) is 47.1 Å². The SMILES string of the molecule is CNC(C)Cc1noc(C2CCN(C(=O)c3ccc(F)cc3F)CC2)n1.Cl. The summed E-state index contributed by atoms with van der Waals surface area (Å²) in [5, 5.41) is 7.13. The summed E-state index contributed by atoms with van der Waals surface area (Å²) in [6, 6.07) is 3.26. The Bertz CT molecular complexity index is 778. The van der Waals surface area contributed by atoms with Crippen molar-refractivity contribution >= 4 is 18.3 Å². The maximum absolute atomic E-state index is 13.8. The Hall–Kier alpha value is -2.06. The van der Waals surface area contributed by atoms with E-state index in [1.165, 1.54) is 6.07 Å². The van der Waals surface area contributed by atoms with Crippen LogP contribution in [0.3, 0.4) is 0 Å². The van der Waals surface area contributed by atoms with Gasteiger partial charge in [0.05, 0.1) is 5.56 Å². The quantitative estimate of drug-likeness (QED) is 0.835. The van der Waals surface area contributed by atoms with Crippen LogP contribution in [0.4, 0.5) is 8.78 Å². The highest BCUT2D eigenvalue weighted by atomic mass is 35.5. The van der Waals surface area contributed by atoms with Gasteiger partial charge in [-0.2, -0.15) is 4.98 Å². The number of likely N-dealkylation sites (N-methyl/N-ethyl adjacent to an activating group) is 1. The van der Waals surface area contributed by atoms with Crippen LogP contribution in [0.25, 0.3) is 0 Å². The first-order chi connectivity index (χ1) is 12.5. The number of carbonyl (C=O) groups is 1. The van der Waals surface area contributed by atoms with Gasteiger partial charge in [0.15, 0.2) is 5.82 Å². The molecule has 1 aromatic carbocycles. The van der Waals surface area contributed by atoms with E-state index in [4.69, 9.17) is 4.52 Å². The van der Waals surface area contributed by atoms with E-state index < -0.39 is 17.5 Å². The Balaban J connectivity index is 0.00000261. The fourth-order valence-corrected chi connectivity index (χ4v) is 3.05. The Kier molecular flexibility index (Phi) is 7.26. The van der Waals surface area contributed by atoms with Gasteiger partial charge in [-0.05, 0) is 38.9 Å². The second-order valence-electron chi connectivity index (χ2n) is 6.63. The van der Waals surface area contributed by atoms with Crippen LogP contribution in [-0.4, -0.2) is 47.1 Å². The predicted octanol–water partition coefficient (Wildman–Crippen LogP) is 2.94. The molecule has 1 atom stereocenters. The number of hydrogen-bond acceptors (Lipinski definition) is 5. The number of nitrogens with zero attached hydrogens (tertiary/aromatic N) is 3. The summed E-state index contributed by atoms with van der Waals surface area (Å²) in [7, 11) is 1.88. The molecule has 3 rings (SSSR count). The number of hydrogen-bond donors (Lipinski definition) is 1. The highest BCUT2D eigenvalue weighted by Gasteiger charge is 2.29. The van der Waals surface area contributed by atoms with Gasteiger partial charge in [-0.1, -0.05) is 5.16 Å². The molecule has 1 amide bonds. The topological polar surface area (TPSA) is 71.3 Å². The van der Waals surface area contributed by atoms with Crippen LogP contribution in [0.2, 0.25) is 0 Å². The van der Waals surface area contributed by atoms with E-state index in [1.54, 1.807) is 4.90 Å². The second-order valence-corrected chi connectivity index (χ2v) is 6.63. The average molecular weight is 401 g/mol. The van der Waals surface area contributed by atoms with Gasteiger partial charge in [0, 0.05) is 37.5 Å². The minimum atomic E-state index is -0.836. The molecule has 2 heterocycles. The molecule has 1 saturated heterocycles. The zero-order valence-corrected chi connectivity index (χ0v) is 16.1. The molecule has 6 nitrogen and oxygen atoms in total. The molecule has 1 aliphatic rings. The number of halogens is 3. The van der Waals surface area contributed by atoms with Crippen LogP contribution in [-0.2, 0) is 6.42 Å². The van der Waals surface area contributed by atoms with E-state index >= 15 is 0 Å². The molecule has 27 heavy (non-hydrogen) atoms. The number of aromatic nitrogens is 2. The number of likely N-dealkylation sites (tertiary alicyclic amines) is 1. The second kappa shape index (κ2) is 9.23. The van der Waals surface area contributed by atoms with Crippen molar-refractivity contribution in [3.63, 3.8) is 0 Å². The third-order valence-electron chi connectivity index (χ3n) is 4.76.